The zero-order chi connectivity index (χ0) is 16.9. The molecule has 8 heteroatoms. The van der Waals surface area contributed by atoms with Gasteiger partial charge in [-0.3, -0.25) is 4.99 Å². The zero-order valence-electron chi connectivity index (χ0n) is 13.1. The summed E-state index contributed by atoms with van der Waals surface area (Å²) < 4.78 is 2.65. The molecular formula is C15H15I3NNaO3. The van der Waals surface area contributed by atoms with Gasteiger partial charge in [0.05, 0.1) is 5.69 Å². The molecule has 0 aliphatic heterocycles. The van der Waals surface area contributed by atoms with Gasteiger partial charge in [0.15, 0.2) is 0 Å². The fourth-order valence-corrected chi connectivity index (χ4v) is 5.64. The van der Waals surface area contributed by atoms with Crippen LogP contribution in [0.15, 0.2) is 16.6 Å². The number of nitrogens with zero attached hydrogens (tertiary/aromatic N) is 1. The van der Waals surface area contributed by atoms with Gasteiger partial charge >= 0.3 is 35.5 Å². The Bertz CT molecular complexity index is 645. The average Bonchev–Trinajstić information content (AvgIpc) is 2.43. The maximum atomic E-state index is 11.8. The van der Waals surface area contributed by atoms with Crippen molar-refractivity contribution in [3.8, 4) is 0 Å². The van der Waals surface area contributed by atoms with Crippen LogP contribution in [0, 0.1) is 10.7 Å². The molecule has 0 fully saturated rings. The van der Waals surface area contributed by atoms with Crippen LogP contribution in [-0.4, -0.2) is 17.0 Å². The van der Waals surface area contributed by atoms with Crippen LogP contribution in [0.4, 0.5) is 5.69 Å². The van der Waals surface area contributed by atoms with Crippen LogP contribution in [-0.2, 0) is 4.79 Å². The van der Waals surface area contributed by atoms with Gasteiger partial charge in [-0.05, 0) is 98.7 Å². The van der Waals surface area contributed by atoms with Crippen LogP contribution < -0.4 is 34.7 Å². The largest absolute Gasteiger partial charge is 1.00 e. The number of carboxylic acids is 1. The molecule has 120 valence electrons. The Morgan fingerprint density at radius 2 is 1.91 bits per heavy atom. The summed E-state index contributed by atoms with van der Waals surface area (Å²) in [7, 11) is 0. The first kappa shape index (κ1) is 24.1. The van der Waals surface area contributed by atoms with E-state index in [0.29, 0.717) is 24.1 Å². The molecule has 0 spiro atoms. The molecule has 1 aromatic rings. The molecule has 0 saturated carbocycles. The topological polar surface area (TPSA) is 72.7 Å². The van der Waals surface area contributed by atoms with Crippen molar-refractivity contribution < 1.29 is 44.6 Å². The molecule has 0 atom stereocenters. The molecule has 0 saturated heterocycles. The summed E-state index contributed by atoms with van der Waals surface area (Å²) in [6.45, 7) is 3.74. The first-order valence-corrected chi connectivity index (χ1v) is 9.91. The predicted molar refractivity (Wildman–Crippen MR) is 112 cm³/mol. The van der Waals surface area contributed by atoms with Crippen LogP contribution in [0.25, 0.3) is 6.08 Å². The molecule has 0 aliphatic rings. The standard InChI is InChI=1S/C15H16I3NO3.Na/c1-3-5-12(20)19-14-11(17)7-10(16)9(13(14)18)6-8(4-2)15(21)22;/h6-7H,3-5H2,1-2H3,(H,19,20)(H,21,22);/q;+1/p-1/b8-6+;. The Morgan fingerprint density at radius 1 is 1.30 bits per heavy atom. The third-order valence-electron chi connectivity index (χ3n) is 2.86. The first-order chi connectivity index (χ1) is 10.3. The van der Waals surface area contributed by atoms with E-state index in [0.717, 1.165) is 22.7 Å². The van der Waals surface area contributed by atoms with Crippen LogP contribution in [0.3, 0.4) is 0 Å². The third-order valence-corrected chi connectivity index (χ3v) is 5.66. The number of rotatable bonds is 6. The summed E-state index contributed by atoms with van der Waals surface area (Å²) in [5.41, 5.74) is 1.78. The second-order valence-corrected chi connectivity index (χ2v) is 7.90. The Kier molecular flexibility index (Phi) is 12.2. The van der Waals surface area contributed by atoms with E-state index in [1.54, 1.807) is 6.08 Å². The normalized spacial score (nSPS) is 12.0. The van der Waals surface area contributed by atoms with Crippen molar-refractivity contribution in [3.63, 3.8) is 0 Å². The second kappa shape index (κ2) is 11.7. The van der Waals surface area contributed by atoms with Gasteiger partial charge in [-0.15, -0.1) is 0 Å². The summed E-state index contributed by atoms with van der Waals surface area (Å²) >= 11 is 6.47. The van der Waals surface area contributed by atoms with Gasteiger partial charge < -0.3 is 10.2 Å². The summed E-state index contributed by atoms with van der Waals surface area (Å²) in [5.74, 6) is -1.07. The molecule has 1 aromatic carbocycles. The van der Waals surface area contributed by atoms with Crippen molar-refractivity contribution in [2.24, 2.45) is 4.99 Å². The smallest absolute Gasteiger partial charge is 0.862 e. The number of carboxylic acid groups (broad SMARTS) is 1. The third kappa shape index (κ3) is 7.08. The first-order valence-electron chi connectivity index (χ1n) is 6.67. The van der Waals surface area contributed by atoms with Gasteiger partial charge in [-0.2, -0.15) is 0 Å². The molecule has 0 heterocycles. The van der Waals surface area contributed by atoms with Crippen molar-refractivity contribution in [3.05, 3.63) is 27.9 Å². The maximum absolute atomic E-state index is 11.8. The Morgan fingerprint density at radius 3 is 2.39 bits per heavy atom. The fraction of sp³-hybridized carbons (Fsp3) is 0.333. The van der Waals surface area contributed by atoms with E-state index in [4.69, 9.17) is 0 Å². The summed E-state index contributed by atoms with van der Waals surface area (Å²) in [6.07, 6.45) is 3.28. The SMILES string of the molecule is CCCC([O-])=Nc1c(I)cc(I)c(/C=C(\CC)C(=O)O)c1I.[Na+]. The van der Waals surface area contributed by atoms with Crippen molar-refractivity contribution in [2.75, 3.05) is 0 Å². The van der Waals surface area contributed by atoms with Crippen molar-refractivity contribution in [1.29, 1.82) is 0 Å². The predicted octanol–water partition coefficient (Wildman–Crippen LogP) is 1.57. The van der Waals surface area contributed by atoms with Gasteiger partial charge in [0.1, 0.15) is 0 Å². The van der Waals surface area contributed by atoms with Gasteiger partial charge in [-0.1, -0.05) is 20.3 Å². The monoisotopic (exact) mass is 661 g/mol. The zero-order valence-corrected chi connectivity index (χ0v) is 21.6. The molecule has 1 N–H and O–H groups in total. The van der Waals surface area contributed by atoms with Gasteiger partial charge in [0.25, 0.3) is 0 Å². The van der Waals surface area contributed by atoms with E-state index in [1.807, 2.05) is 19.9 Å². The number of halogens is 3. The molecule has 0 amide bonds. The molecular weight excluding hydrogens is 646 g/mol. The molecule has 0 radical (unpaired) electrons. The molecule has 4 nitrogen and oxygen atoms in total. The summed E-state index contributed by atoms with van der Waals surface area (Å²) in [6, 6.07) is 1.92. The Labute approximate surface area is 199 Å². The minimum absolute atomic E-state index is 0. The van der Waals surface area contributed by atoms with Crippen molar-refractivity contribution >= 4 is 91.4 Å². The number of aliphatic carboxylic acids is 1. The van der Waals surface area contributed by atoms with Crippen molar-refractivity contribution in [1.82, 2.24) is 0 Å². The van der Waals surface area contributed by atoms with E-state index in [1.165, 1.54) is 0 Å². The fourth-order valence-electron chi connectivity index (χ4n) is 1.71. The number of aliphatic imine (C=N–C) groups is 1. The minimum atomic E-state index is -0.923. The maximum Gasteiger partial charge on any atom is 1.00 e. The van der Waals surface area contributed by atoms with E-state index in [9.17, 15) is 15.0 Å². The van der Waals surface area contributed by atoms with Crippen LogP contribution >= 0.6 is 67.8 Å². The quantitative estimate of drug-likeness (QED) is 0.166. The van der Waals surface area contributed by atoms with Crippen LogP contribution in [0.5, 0.6) is 0 Å². The molecule has 0 aliphatic carbocycles. The molecule has 23 heavy (non-hydrogen) atoms. The van der Waals surface area contributed by atoms with Gasteiger partial charge in [0.2, 0.25) is 0 Å². The van der Waals surface area contributed by atoms with E-state index in [2.05, 4.69) is 72.8 Å². The number of hydrogen-bond donors (Lipinski definition) is 1. The van der Waals surface area contributed by atoms with Crippen molar-refractivity contribution in [2.45, 2.75) is 33.1 Å². The summed E-state index contributed by atoms with van der Waals surface area (Å²) in [5, 5.41) is 21.0. The van der Waals surface area contributed by atoms with E-state index in [-0.39, 0.29) is 35.5 Å². The molecule has 0 bridgehead atoms. The van der Waals surface area contributed by atoms with E-state index < -0.39 is 5.97 Å². The van der Waals surface area contributed by atoms with Crippen LogP contribution in [0.2, 0.25) is 0 Å². The van der Waals surface area contributed by atoms with Gasteiger partial charge in [-0.25, -0.2) is 4.79 Å². The summed E-state index contributed by atoms with van der Waals surface area (Å²) in [4.78, 5) is 15.4. The van der Waals surface area contributed by atoms with E-state index >= 15 is 0 Å². The molecule has 0 unspecified atom stereocenters. The number of benzene rings is 1. The Hall–Kier alpha value is 1.09. The molecule has 0 aromatic heterocycles. The Balaban J connectivity index is 0.00000484. The number of carbonyl (C=O) groups is 1. The number of hydrogen-bond acceptors (Lipinski definition) is 3. The molecule has 1 rings (SSSR count). The minimum Gasteiger partial charge on any atom is -0.862 e. The van der Waals surface area contributed by atoms with Crippen LogP contribution in [0.1, 0.15) is 38.7 Å². The van der Waals surface area contributed by atoms with Gasteiger partial charge in [0, 0.05) is 21.8 Å². The second-order valence-electron chi connectivity index (χ2n) is 4.50. The average molecular weight is 661 g/mol.